The van der Waals surface area contributed by atoms with Crippen molar-refractivity contribution >= 4 is 11.9 Å². The molecule has 0 heterocycles. The Labute approximate surface area is 120 Å². The van der Waals surface area contributed by atoms with E-state index in [-0.39, 0.29) is 11.8 Å². The van der Waals surface area contributed by atoms with Gasteiger partial charge in [0.05, 0.1) is 0 Å². The van der Waals surface area contributed by atoms with Crippen LogP contribution in [-0.4, -0.2) is 23.0 Å². The highest BCUT2D eigenvalue weighted by atomic mass is 16.4. The molecule has 2 N–H and O–H groups in total. The largest absolute Gasteiger partial charge is 0.480 e. The number of carboxylic acids is 1. The molecule has 0 saturated carbocycles. The molecular weight excluding hydrogens is 254 g/mol. The van der Waals surface area contributed by atoms with Crippen molar-refractivity contribution in [2.24, 2.45) is 5.92 Å². The van der Waals surface area contributed by atoms with Crippen molar-refractivity contribution < 1.29 is 14.7 Å². The molecule has 0 aliphatic rings. The number of aliphatic carboxylic acids is 1. The maximum absolute atomic E-state index is 11.7. The molecule has 1 amide bonds. The second-order valence-electron chi connectivity index (χ2n) is 5.47. The molecule has 1 aromatic carbocycles. The molecule has 20 heavy (non-hydrogen) atoms. The zero-order valence-electron chi connectivity index (χ0n) is 12.3. The quantitative estimate of drug-likeness (QED) is 0.805. The number of nitrogens with one attached hydrogen (secondary N) is 1. The summed E-state index contributed by atoms with van der Waals surface area (Å²) in [5.74, 6) is -1.29. The summed E-state index contributed by atoms with van der Waals surface area (Å²) in [5, 5.41) is 11.6. The molecule has 0 saturated heterocycles. The third-order valence-corrected chi connectivity index (χ3v) is 3.24. The van der Waals surface area contributed by atoms with Gasteiger partial charge in [-0.3, -0.25) is 4.79 Å². The Morgan fingerprint density at radius 2 is 1.80 bits per heavy atom. The minimum absolute atomic E-state index is 0.117. The first kappa shape index (κ1) is 16.2. The van der Waals surface area contributed by atoms with E-state index < -0.39 is 12.0 Å². The van der Waals surface area contributed by atoms with Gasteiger partial charge in [-0.15, -0.1) is 0 Å². The first-order valence-corrected chi connectivity index (χ1v) is 6.98. The number of rotatable bonds is 7. The molecule has 110 valence electrons. The van der Waals surface area contributed by atoms with Crippen molar-refractivity contribution in [2.75, 3.05) is 0 Å². The summed E-state index contributed by atoms with van der Waals surface area (Å²) >= 11 is 0. The van der Waals surface area contributed by atoms with Crippen LogP contribution in [0.2, 0.25) is 0 Å². The van der Waals surface area contributed by atoms with Crippen LogP contribution in [0, 0.1) is 12.8 Å². The fraction of sp³-hybridized carbons (Fsp3) is 0.500. The van der Waals surface area contributed by atoms with Gasteiger partial charge in [-0.05, 0) is 31.2 Å². The monoisotopic (exact) mass is 277 g/mol. The molecule has 0 aliphatic carbocycles. The summed E-state index contributed by atoms with van der Waals surface area (Å²) in [6.45, 7) is 5.60. The van der Waals surface area contributed by atoms with Crippen molar-refractivity contribution in [3.63, 3.8) is 0 Å². The van der Waals surface area contributed by atoms with Gasteiger partial charge in [-0.2, -0.15) is 0 Å². The van der Waals surface area contributed by atoms with Crippen LogP contribution in [0.4, 0.5) is 0 Å². The Hall–Kier alpha value is -1.84. The first-order valence-electron chi connectivity index (χ1n) is 6.98. The molecule has 0 fully saturated rings. The molecular formula is C16H23NO3. The number of hydrogen-bond acceptors (Lipinski definition) is 2. The van der Waals surface area contributed by atoms with Crippen molar-refractivity contribution in [3.05, 3.63) is 35.4 Å². The van der Waals surface area contributed by atoms with E-state index in [1.165, 1.54) is 11.1 Å². The van der Waals surface area contributed by atoms with Gasteiger partial charge < -0.3 is 10.4 Å². The van der Waals surface area contributed by atoms with E-state index in [2.05, 4.69) is 29.6 Å². The minimum Gasteiger partial charge on any atom is -0.480 e. The Kier molecular flexibility index (Phi) is 6.22. The summed E-state index contributed by atoms with van der Waals surface area (Å²) in [6.07, 6.45) is 1.90. The molecule has 0 radical (unpaired) electrons. The topological polar surface area (TPSA) is 66.4 Å². The molecule has 1 atom stereocenters. The Balaban J connectivity index is 2.36. The lowest BCUT2D eigenvalue weighted by Gasteiger charge is -2.17. The standard InChI is InChI=1S/C16H23NO3/c1-11(2)15(16(19)20)17-14(18)6-4-5-13-9-7-12(3)8-10-13/h7-11,15H,4-6H2,1-3H3,(H,17,18)(H,19,20)/t15-/m1/s1. The third-order valence-electron chi connectivity index (χ3n) is 3.24. The van der Waals surface area contributed by atoms with E-state index in [0.717, 1.165) is 12.8 Å². The predicted octanol–water partition coefficient (Wildman–Crippen LogP) is 2.54. The average Bonchev–Trinajstić information content (AvgIpc) is 2.37. The summed E-state index contributed by atoms with van der Waals surface area (Å²) in [4.78, 5) is 22.7. The molecule has 1 rings (SSSR count). The second-order valence-corrected chi connectivity index (χ2v) is 5.47. The van der Waals surface area contributed by atoms with Gasteiger partial charge in [-0.1, -0.05) is 43.7 Å². The lowest BCUT2D eigenvalue weighted by atomic mass is 10.0. The summed E-state index contributed by atoms with van der Waals surface area (Å²) in [5.41, 5.74) is 2.41. The van der Waals surface area contributed by atoms with Crippen molar-refractivity contribution in [1.82, 2.24) is 5.32 Å². The fourth-order valence-corrected chi connectivity index (χ4v) is 1.97. The van der Waals surface area contributed by atoms with E-state index in [9.17, 15) is 9.59 Å². The number of benzene rings is 1. The van der Waals surface area contributed by atoms with Crippen molar-refractivity contribution in [1.29, 1.82) is 0 Å². The van der Waals surface area contributed by atoms with Gasteiger partial charge in [0, 0.05) is 6.42 Å². The van der Waals surface area contributed by atoms with E-state index >= 15 is 0 Å². The maximum Gasteiger partial charge on any atom is 0.326 e. The zero-order valence-corrected chi connectivity index (χ0v) is 12.3. The smallest absolute Gasteiger partial charge is 0.326 e. The molecule has 0 aliphatic heterocycles. The molecule has 4 heteroatoms. The summed E-state index contributed by atoms with van der Waals surface area (Å²) in [7, 11) is 0. The Bertz CT molecular complexity index is 451. The van der Waals surface area contributed by atoms with Crippen LogP contribution in [0.15, 0.2) is 24.3 Å². The highest BCUT2D eigenvalue weighted by molar-refractivity contribution is 5.83. The van der Waals surface area contributed by atoms with E-state index in [1.807, 2.05) is 6.92 Å². The number of aryl methyl sites for hydroxylation is 2. The Morgan fingerprint density at radius 1 is 1.20 bits per heavy atom. The summed E-state index contributed by atoms with van der Waals surface area (Å²) < 4.78 is 0. The van der Waals surface area contributed by atoms with E-state index in [1.54, 1.807) is 13.8 Å². The number of carbonyl (C=O) groups excluding carboxylic acids is 1. The van der Waals surface area contributed by atoms with E-state index in [4.69, 9.17) is 5.11 Å². The van der Waals surface area contributed by atoms with E-state index in [0.29, 0.717) is 6.42 Å². The number of carbonyl (C=O) groups is 2. The van der Waals surface area contributed by atoms with Gasteiger partial charge in [0.1, 0.15) is 6.04 Å². The Morgan fingerprint density at radius 3 is 2.30 bits per heavy atom. The predicted molar refractivity (Wildman–Crippen MR) is 78.5 cm³/mol. The van der Waals surface area contributed by atoms with Crippen LogP contribution < -0.4 is 5.32 Å². The number of amides is 1. The van der Waals surface area contributed by atoms with Gasteiger partial charge in [0.15, 0.2) is 0 Å². The first-order chi connectivity index (χ1) is 9.40. The lowest BCUT2D eigenvalue weighted by Crippen LogP contribution is -2.44. The fourth-order valence-electron chi connectivity index (χ4n) is 1.97. The molecule has 0 unspecified atom stereocenters. The van der Waals surface area contributed by atoms with Gasteiger partial charge >= 0.3 is 5.97 Å². The lowest BCUT2D eigenvalue weighted by molar-refractivity contribution is -0.143. The van der Waals surface area contributed by atoms with Crippen LogP contribution in [0.3, 0.4) is 0 Å². The molecule has 0 bridgehead atoms. The molecule has 0 aromatic heterocycles. The highest BCUT2D eigenvalue weighted by Gasteiger charge is 2.22. The molecule has 0 spiro atoms. The minimum atomic E-state index is -0.980. The maximum atomic E-state index is 11.7. The van der Waals surface area contributed by atoms with Gasteiger partial charge in [0.2, 0.25) is 5.91 Å². The zero-order chi connectivity index (χ0) is 15.1. The third kappa shape index (κ3) is 5.43. The van der Waals surface area contributed by atoms with Crippen molar-refractivity contribution in [2.45, 2.75) is 46.1 Å². The summed E-state index contributed by atoms with van der Waals surface area (Å²) in [6, 6.07) is 7.41. The molecule has 1 aromatic rings. The second kappa shape index (κ2) is 7.68. The van der Waals surface area contributed by atoms with Crippen LogP contribution >= 0.6 is 0 Å². The van der Waals surface area contributed by atoms with Gasteiger partial charge in [0.25, 0.3) is 0 Å². The van der Waals surface area contributed by atoms with Gasteiger partial charge in [-0.25, -0.2) is 4.79 Å². The van der Waals surface area contributed by atoms with Crippen molar-refractivity contribution in [3.8, 4) is 0 Å². The molecule has 4 nitrogen and oxygen atoms in total. The number of hydrogen-bond donors (Lipinski definition) is 2. The van der Waals surface area contributed by atoms with Crippen LogP contribution in [0.1, 0.15) is 37.8 Å². The van der Waals surface area contributed by atoms with Crippen LogP contribution in [0.25, 0.3) is 0 Å². The van der Waals surface area contributed by atoms with Crippen LogP contribution in [0.5, 0.6) is 0 Å². The normalized spacial score (nSPS) is 12.2. The average molecular weight is 277 g/mol. The SMILES string of the molecule is Cc1ccc(CCCC(=O)N[C@@H](C(=O)O)C(C)C)cc1. The number of carboxylic acid groups (broad SMARTS) is 1. The highest BCUT2D eigenvalue weighted by Crippen LogP contribution is 2.08. The van der Waals surface area contributed by atoms with Crippen LogP contribution in [-0.2, 0) is 16.0 Å².